The molecule has 0 aliphatic heterocycles. The number of hydrogen-bond donors (Lipinski definition) is 2. The fourth-order valence-corrected chi connectivity index (χ4v) is 2.14. The summed E-state index contributed by atoms with van der Waals surface area (Å²) < 4.78 is 13.6. The maximum atomic E-state index is 13.6. The van der Waals surface area contributed by atoms with Crippen LogP contribution in [0.15, 0.2) is 54.6 Å². The van der Waals surface area contributed by atoms with Crippen LogP contribution in [0.2, 0.25) is 0 Å². The maximum Gasteiger partial charge on any atom is 0.235 e. The highest BCUT2D eigenvalue weighted by Gasteiger charge is 2.35. The smallest absolute Gasteiger partial charge is 0.235 e. The van der Waals surface area contributed by atoms with Gasteiger partial charge in [-0.25, -0.2) is 4.39 Å². The molecule has 2 aromatic rings. The summed E-state index contributed by atoms with van der Waals surface area (Å²) in [5, 5.41) is 5.38. The SMILES string of the molecule is CC(C)(C(=O)NCc1ccccc1)C(=O)NCc1ccccc1F. The Hall–Kier alpha value is -2.69. The van der Waals surface area contributed by atoms with Crippen molar-refractivity contribution in [3.05, 3.63) is 71.5 Å². The third-order valence-electron chi connectivity index (χ3n) is 3.83. The van der Waals surface area contributed by atoms with Crippen molar-refractivity contribution in [2.75, 3.05) is 0 Å². The second kappa shape index (κ2) is 7.73. The lowest BCUT2D eigenvalue weighted by molar-refractivity contribution is -0.141. The summed E-state index contributed by atoms with van der Waals surface area (Å²) in [5.41, 5.74) is 0.0831. The van der Waals surface area contributed by atoms with Gasteiger partial charge in [0.15, 0.2) is 0 Å². The van der Waals surface area contributed by atoms with Gasteiger partial charge in [-0.1, -0.05) is 48.5 Å². The number of halogens is 1. The molecule has 0 aromatic heterocycles. The number of carbonyl (C=O) groups is 2. The van der Waals surface area contributed by atoms with E-state index in [1.165, 1.54) is 6.07 Å². The van der Waals surface area contributed by atoms with Crippen LogP contribution < -0.4 is 10.6 Å². The molecule has 2 N–H and O–H groups in total. The van der Waals surface area contributed by atoms with Gasteiger partial charge in [-0.2, -0.15) is 0 Å². The number of carbonyl (C=O) groups excluding carboxylic acids is 2. The van der Waals surface area contributed by atoms with Crippen molar-refractivity contribution in [1.82, 2.24) is 10.6 Å². The zero-order chi connectivity index (χ0) is 17.6. The molecule has 0 spiro atoms. The fourth-order valence-electron chi connectivity index (χ4n) is 2.14. The first-order valence-electron chi connectivity index (χ1n) is 7.75. The topological polar surface area (TPSA) is 58.2 Å². The number of rotatable bonds is 6. The zero-order valence-electron chi connectivity index (χ0n) is 13.8. The van der Waals surface area contributed by atoms with E-state index in [1.54, 1.807) is 32.0 Å². The lowest BCUT2D eigenvalue weighted by Crippen LogP contribution is -2.47. The van der Waals surface area contributed by atoms with Gasteiger partial charge < -0.3 is 10.6 Å². The summed E-state index contributed by atoms with van der Waals surface area (Å²) in [7, 11) is 0. The monoisotopic (exact) mass is 328 g/mol. The lowest BCUT2D eigenvalue weighted by atomic mass is 9.91. The van der Waals surface area contributed by atoms with Crippen LogP contribution in [0.4, 0.5) is 4.39 Å². The molecule has 0 saturated heterocycles. The van der Waals surface area contributed by atoms with Crippen molar-refractivity contribution < 1.29 is 14.0 Å². The summed E-state index contributed by atoms with van der Waals surface area (Å²) in [6.45, 7) is 3.48. The molecular weight excluding hydrogens is 307 g/mol. The van der Waals surface area contributed by atoms with Crippen LogP contribution in [-0.2, 0) is 22.7 Å². The van der Waals surface area contributed by atoms with Crippen LogP contribution in [0.3, 0.4) is 0 Å². The van der Waals surface area contributed by atoms with Crippen LogP contribution >= 0.6 is 0 Å². The van der Waals surface area contributed by atoms with Gasteiger partial charge in [0.05, 0.1) is 0 Å². The predicted molar refractivity (Wildman–Crippen MR) is 90.3 cm³/mol. The van der Waals surface area contributed by atoms with Gasteiger partial charge in [-0.3, -0.25) is 9.59 Å². The van der Waals surface area contributed by atoms with Crippen LogP contribution in [0.25, 0.3) is 0 Å². The third kappa shape index (κ3) is 4.41. The zero-order valence-corrected chi connectivity index (χ0v) is 13.8. The van der Waals surface area contributed by atoms with Gasteiger partial charge in [0.25, 0.3) is 0 Å². The van der Waals surface area contributed by atoms with Crippen molar-refractivity contribution in [1.29, 1.82) is 0 Å². The average molecular weight is 328 g/mol. The van der Waals surface area contributed by atoms with Gasteiger partial charge in [-0.15, -0.1) is 0 Å². The van der Waals surface area contributed by atoms with E-state index in [0.717, 1.165) is 5.56 Å². The number of hydrogen-bond acceptors (Lipinski definition) is 2. The molecule has 24 heavy (non-hydrogen) atoms. The highest BCUT2D eigenvalue weighted by Crippen LogP contribution is 2.16. The minimum Gasteiger partial charge on any atom is -0.351 e. The van der Waals surface area contributed by atoms with E-state index in [9.17, 15) is 14.0 Å². The number of nitrogens with one attached hydrogen (secondary N) is 2. The Labute approximate surface area is 141 Å². The second-order valence-electron chi connectivity index (χ2n) is 6.07. The van der Waals surface area contributed by atoms with Gasteiger partial charge in [0.2, 0.25) is 11.8 Å². The second-order valence-corrected chi connectivity index (χ2v) is 6.07. The third-order valence-corrected chi connectivity index (χ3v) is 3.83. The molecule has 5 heteroatoms. The Morgan fingerprint density at radius 1 is 0.875 bits per heavy atom. The largest absolute Gasteiger partial charge is 0.351 e. The molecule has 126 valence electrons. The first-order valence-corrected chi connectivity index (χ1v) is 7.75. The molecule has 0 radical (unpaired) electrons. The van der Waals surface area contributed by atoms with Crippen molar-refractivity contribution in [3.63, 3.8) is 0 Å². The van der Waals surface area contributed by atoms with E-state index >= 15 is 0 Å². The molecule has 0 aliphatic rings. The number of amides is 2. The van der Waals surface area contributed by atoms with E-state index in [1.807, 2.05) is 30.3 Å². The van der Waals surface area contributed by atoms with Crippen LogP contribution in [0.1, 0.15) is 25.0 Å². The quantitative estimate of drug-likeness (QED) is 0.801. The molecule has 0 aliphatic carbocycles. The summed E-state index contributed by atoms with van der Waals surface area (Å²) in [5.74, 6) is -1.21. The Kier molecular flexibility index (Phi) is 5.68. The van der Waals surface area contributed by atoms with Gasteiger partial charge in [-0.05, 0) is 25.5 Å². The molecular formula is C19H21FN2O2. The molecule has 0 unspecified atom stereocenters. The maximum absolute atomic E-state index is 13.6. The molecule has 2 rings (SSSR count). The summed E-state index contributed by atoms with van der Waals surface area (Å²) in [4.78, 5) is 24.6. The highest BCUT2D eigenvalue weighted by molar-refractivity contribution is 6.04. The predicted octanol–water partition coefficient (Wildman–Crippen LogP) is 2.78. The van der Waals surface area contributed by atoms with Crippen molar-refractivity contribution in [3.8, 4) is 0 Å². The van der Waals surface area contributed by atoms with E-state index in [-0.39, 0.29) is 18.3 Å². The molecule has 2 aromatic carbocycles. The van der Waals surface area contributed by atoms with Gasteiger partial charge in [0, 0.05) is 18.7 Å². The van der Waals surface area contributed by atoms with Crippen molar-refractivity contribution >= 4 is 11.8 Å². The summed E-state index contributed by atoms with van der Waals surface area (Å²) >= 11 is 0. The molecule has 2 amide bonds. The van der Waals surface area contributed by atoms with Crippen molar-refractivity contribution in [2.24, 2.45) is 5.41 Å². The van der Waals surface area contributed by atoms with Crippen LogP contribution in [-0.4, -0.2) is 11.8 Å². The molecule has 0 fully saturated rings. The highest BCUT2D eigenvalue weighted by atomic mass is 19.1. The minimum absolute atomic E-state index is 0.0426. The van der Waals surface area contributed by atoms with Crippen LogP contribution in [0, 0.1) is 11.2 Å². The Bertz CT molecular complexity index is 714. The summed E-state index contributed by atoms with van der Waals surface area (Å²) in [6, 6.07) is 15.7. The van der Waals surface area contributed by atoms with E-state index in [0.29, 0.717) is 12.1 Å². The first kappa shape index (κ1) is 17.7. The van der Waals surface area contributed by atoms with E-state index in [2.05, 4.69) is 10.6 Å². The molecule has 0 saturated carbocycles. The molecule has 4 nitrogen and oxygen atoms in total. The first-order chi connectivity index (χ1) is 11.4. The minimum atomic E-state index is -1.25. The van der Waals surface area contributed by atoms with Crippen molar-refractivity contribution in [2.45, 2.75) is 26.9 Å². The van der Waals surface area contributed by atoms with Gasteiger partial charge in [0.1, 0.15) is 11.2 Å². The average Bonchev–Trinajstić information content (AvgIpc) is 2.59. The summed E-state index contributed by atoms with van der Waals surface area (Å²) in [6.07, 6.45) is 0. The van der Waals surface area contributed by atoms with Gasteiger partial charge >= 0.3 is 0 Å². The fraction of sp³-hybridized carbons (Fsp3) is 0.263. The lowest BCUT2D eigenvalue weighted by Gasteiger charge is -2.23. The molecule has 0 bridgehead atoms. The molecule has 0 atom stereocenters. The number of benzene rings is 2. The van der Waals surface area contributed by atoms with E-state index in [4.69, 9.17) is 0 Å². The Morgan fingerprint density at radius 2 is 1.42 bits per heavy atom. The normalized spacial score (nSPS) is 11.0. The molecule has 0 heterocycles. The standard InChI is InChI=1S/C19H21FN2O2/c1-19(2,17(23)21-12-14-8-4-3-5-9-14)18(24)22-13-15-10-6-7-11-16(15)20/h3-11H,12-13H2,1-2H3,(H,21,23)(H,22,24). The van der Waals surface area contributed by atoms with Crippen LogP contribution in [0.5, 0.6) is 0 Å². The van der Waals surface area contributed by atoms with E-state index < -0.39 is 11.3 Å². The Morgan fingerprint density at radius 3 is 2.04 bits per heavy atom. The Balaban J connectivity index is 1.91.